The summed E-state index contributed by atoms with van der Waals surface area (Å²) in [4.78, 5) is 23.1. The zero-order valence-electron chi connectivity index (χ0n) is 12.6. The molecule has 0 aliphatic heterocycles. The minimum absolute atomic E-state index is 0.129. The van der Waals surface area contributed by atoms with Crippen LogP contribution in [0.25, 0.3) is 0 Å². The van der Waals surface area contributed by atoms with Gasteiger partial charge in [0.05, 0.1) is 12.1 Å². The summed E-state index contributed by atoms with van der Waals surface area (Å²) in [5.41, 5.74) is 0.907. The molecule has 3 rings (SSSR count). The number of aromatic nitrogens is 3. The predicted octanol–water partition coefficient (Wildman–Crippen LogP) is 1.56. The summed E-state index contributed by atoms with van der Waals surface area (Å²) in [6.45, 7) is 0.343. The number of hydrogen-bond donors (Lipinski definition) is 2. The first-order valence-electron chi connectivity index (χ1n) is 7.61. The summed E-state index contributed by atoms with van der Waals surface area (Å²) in [6.07, 6.45) is 4.59. The molecule has 23 heavy (non-hydrogen) atoms. The number of aryl methyl sites for hydroxylation is 1. The van der Waals surface area contributed by atoms with Gasteiger partial charge in [0.25, 0.3) is 0 Å². The third-order valence-corrected chi connectivity index (χ3v) is 3.90. The first kappa shape index (κ1) is 15.2. The average molecular weight is 314 g/mol. The Morgan fingerprint density at radius 3 is 2.83 bits per heavy atom. The van der Waals surface area contributed by atoms with Gasteiger partial charge in [-0.05, 0) is 30.9 Å². The Labute approximate surface area is 133 Å². The van der Waals surface area contributed by atoms with Crippen molar-refractivity contribution in [2.45, 2.75) is 38.3 Å². The molecule has 0 radical (unpaired) electrons. The normalized spacial score (nSPS) is 13.7. The van der Waals surface area contributed by atoms with E-state index in [1.165, 1.54) is 0 Å². The van der Waals surface area contributed by atoms with Gasteiger partial charge in [-0.3, -0.25) is 4.79 Å². The fourth-order valence-corrected chi connectivity index (χ4v) is 2.51. The zero-order chi connectivity index (χ0) is 16.2. The molecule has 1 saturated carbocycles. The number of carbonyl (C=O) groups excluding carboxylic acids is 1. The highest BCUT2D eigenvalue weighted by Gasteiger charge is 2.26. The summed E-state index contributed by atoms with van der Waals surface area (Å²) in [6, 6.07) is 7.21. The maximum absolute atomic E-state index is 12.0. The van der Waals surface area contributed by atoms with Crippen molar-refractivity contribution < 1.29 is 14.7 Å². The van der Waals surface area contributed by atoms with Crippen molar-refractivity contribution in [3.05, 3.63) is 47.5 Å². The van der Waals surface area contributed by atoms with Crippen molar-refractivity contribution in [1.82, 2.24) is 20.1 Å². The first-order valence-corrected chi connectivity index (χ1v) is 7.61. The van der Waals surface area contributed by atoms with Crippen LogP contribution >= 0.6 is 0 Å². The van der Waals surface area contributed by atoms with Crippen LogP contribution in [0, 0.1) is 0 Å². The Morgan fingerprint density at radius 2 is 2.09 bits per heavy atom. The van der Waals surface area contributed by atoms with E-state index in [1.807, 2.05) is 4.57 Å². The molecular weight excluding hydrogens is 296 g/mol. The minimum atomic E-state index is -0.974. The lowest BCUT2D eigenvalue weighted by atomic mass is 10.0. The molecular formula is C16H18N4O3. The number of nitrogens with one attached hydrogen (secondary N) is 1. The van der Waals surface area contributed by atoms with Gasteiger partial charge in [0.15, 0.2) is 5.82 Å². The molecule has 0 atom stereocenters. The van der Waals surface area contributed by atoms with Crippen LogP contribution in [-0.4, -0.2) is 31.7 Å². The van der Waals surface area contributed by atoms with Crippen LogP contribution in [-0.2, 0) is 17.8 Å². The minimum Gasteiger partial charge on any atom is -0.478 e. The van der Waals surface area contributed by atoms with Crippen molar-refractivity contribution in [2.24, 2.45) is 0 Å². The SMILES string of the molecule is O=C(CCc1ccccc1C(=O)O)NCc1nncn1C1CC1. The summed E-state index contributed by atoms with van der Waals surface area (Å²) < 4.78 is 2.00. The van der Waals surface area contributed by atoms with Gasteiger partial charge in [-0.1, -0.05) is 18.2 Å². The lowest BCUT2D eigenvalue weighted by molar-refractivity contribution is -0.121. The Balaban J connectivity index is 1.52. The van der Waals surface area contributed by atoms with Crippen LogP contribution in [0.4, 0.5) is 0 Å². The second-order valence-electron chi connectivity index (χ2n) is 5.62. The lowest BCUT2D eigenvalue weighted by Crippen LogP contribution is -2.25. The summed E-state index contributed by atoms with van der Waals surface area (Å²) >= 11 is 0. The Hall–Kier alpha value is -2.70. The maximum Gasteiger partial charge on any atom is 0.335 e. The summed E-state index contributed by atoms with van der Waals surface area (Å²) in [5.74, 6) is -0.346. The molecule has 0 bridgehead atoms. The van der Waals surface area contributed by atoms with Crippen molar-refractivity contribution in [3.8, 4) is 0 Å². The van der Waals surface area contributed by atoms with E-state index in [-0.39, 0.29) is 17.9 Å². The third kappa shape index (κ3) is 3.74. The maximum atomic E-state index is 12.0. The fourth-order valence-electron chi connectivity index (χ4n) is 2.51. The second kappa shape index (κ2) is 6.60. The molecule has 1 fully saturated rings. The third-order valence-electron chi connectivity index (χ3n) is 3.90. The van der Waals surface area contributed by atoms with Gasteiger partial charge in [0.2, 0.25) is 5.91 Å². The number of amides is 1. The molecule has 120 valence electrons. The van der Waals surface area contributed by atoms with Crippen molar-refractivity contribution in [1.29, 1.82) is 0 Å². The van der Waals surface area contributed by atoms with Crippen LogP contribution in [0.1, 0.15) is 47.1 Å². The van der Waals surface area contributed by atoms with E-state index in [4.69, 9.17) is 5.11 Å². The van der Waals surface area contributed by atoms with Gasteiger partial charge < -0.3 is 15.0 Å². The Morgan fingerprint density at radius 1 is 1.30 bits per heavy atom. The van der Waals surface area contributed by atoms with Crippen LogP contribution in [0.2, 0.25) is 0 Å². The van der Waals surface area contributed by atoms with Crippen LogP contribution in [0.5, 0.6) is 0 Å². The van der Waals surface area contributed by atoms with Crippen LogP contribution < -0.4 is 5.32 Å². The van der Waals surface area contributed by atoms with Crippen molar-refractivity contribution in [3.63, 3.8) is 0 Å². The highest BCUT2D eigenvalue weighted by Crippen LogP contribution is 2.35. The molecule has 1 heterocycles. The molecule has 0 saturated heterocycles. The molecule has 0 spiro atoms. The van der Waals surface area contributed by atoms with Gasteiger partial charge >= 0.3 is 5.97 Å². The molecule has 1 aromatic carbocycles. The number of hydrogen-bond acceptors (Lipinski definition) is 4. The number of aromatic carboxylic acids is 1. The van der Waals surface area contributed by atoms with Crippen molar-refractivity contribution in [2.75, 3.05) is 0 Å². The first-order chi connectivity index (χ1) is 11.1. The smallest absolute Gasteiger partial charge is 0.335 e. The molecule has 1 aromatic heterocycles. The molecule has 2 aromatic rings. The van der Waals surface area contributed by atoms with Crippen LogP contribution in [0.15, 0.2) is 30.6 Å². The number of benzene rings is 1. The molecule has 2 N–H and O–H groups in total. The number of nitrogens with zero attached hydrogens (tertiary/aromatic N) is 3. The topological polar surface area (TPSA) is 97.1 Å². The molecule has 1 aliphatic rings. The van der Waals surface area contributed by atoms with Gasteiger partial charge in [-0.15, -0.1) is 10.2 Å². The quantitative estimate of drug-likeness (QED) is 0.808. The number of carboxylic acids is 1. The molecule has 7 nitrogen and oxygen atoms in total. The predicted molar refractivity (Wildman–Crippen MR) is 81.9 cm³/mol. The van der Waals surface area contributed by atoms with Crippen molar-refractivity contribution >= 4 is 11.9 Å². The van der Waals surface area contributed by atoms with Gasteiger partial charge in [0.1, 0.15) is 6.33 Å². The molecule has 7 heteroatoms. The van der Waals surface area contributed by atoms with E-state index in [2.05, 4.69) is 15.5 Å². The number of rotatable bonds is 7. The van der Waals surface area contributed by atoms with E-state index in [0.717, 1.165) is 18.7 Å². The Bertz CT molecular complexity index is 722. The molecule has 0 unspecified atom stereocenters. The van der Waals surface area contributed by atoms with E-state index >= 15 is 0 Å². The fraction of sp³-hybridized carbons (Fsp3) is 0.375. The van der Waals surface area contributed by atoms with Crippen LogP contribution in [0.3, 0.4) is 0 Å². The average Bonchev–Trinajstić information content (AvgIpc) is 3.29. The molecule has 1 aliphatic carbocycles. The van der Waals surface area contributed by atoms with E-state index in [0.29, 0.717) is 24.6 Å². The van der Waals surface area contributed by atoms with Gasteiger partial charge in [-0.2, -0.15) is 0 Å². The number of carbonyl (C=O) groups is 2. The highest BCUT2D eigenvalue weighted by molar-refractivity contribution is 5.89. The second-order valence-corrected chi connectivity index (χ2v) is 5.62. The van der Waals surface area contributed by atoms with E-state index < -0.39 is 5.97 Å². The van der Waals surface area contributed by atoms with E-state index in [1.54, 1.807) is 30.6 Å². The highest BCUT2D eigenvalue weighted by atomic mass is 16.4. The van der Waals surface area contributed by atoms with Gasteiger partial charge in [0, 0.05) is 12.5 Å². The van der Waals surface area contributed by atoms with E-state index in [9.17, 15) is 9.59 Å². The zero-order valence-corrected chi connectivity index (χ0v) is 12.6. The number of carboxylic acid groups (broad SMARTS) is 1. The Kier molecular flexibility index (Phi) is 4.36. The molecule has 1 amide bonds. The van der Waals surface area contributed by atoms with Gasteiger partial charge in [-0.25, -0.2) is 4.79 Å². The summed E-state index contributed by atoms with van der Waals surface area (Å²) in [7, 11) is 0. The standard InChI is InChI=1S/C16H18N4O3/c21-15(8-5-11-3-1-2-4-13(11)16(22)23)17-9-14-19-18-10-20(14)12-6-7-12/h1-4,10,12H,5-9H2,(H,17,21)(H,22,23). The summed E-state index contributed by atoms with van der Waals surface area (Å²) in [5, 5.41) is 19.9. The largest absolute Gasteiger partial charge is 0.478 e. The monoisotopic (exact) mass is 314 g/mol. The lowest BCUT2D eigenvalue weighted by Gasteiger charge is -2.08.